The molecule has 2 saturated carbocycles. The highest BCUT2D eigenvalue weighted by atomic mass is 16.3. The van der Waals surface area contributed by atoms with Gasteiger partial charge in [0, 0.05) is 6.61 Å². The summed E-state index contributed by atoms with van der Waals surface area (Å²) in [5.74, 6) is 3.03. The summed E-state index contributed by atoms with van der Waals surface area (Å²) in [6.07, 6.45) is 11.3. The van der Waals surface area contributed by atoms with Gasteiger partial charge in [0.15, 0.2) is 0 Å². The van der Waals surface area contributed by atoms with Crippen molar-refractivity contribution in [3.63, 3.8) is 0 Å². The van der Waals surface area contributed by atoms with Crippen LogP contribution < -0.4 is 5.32 Å². The number of aliphatic hydroxyl groups excluding tert-OH is 1. The fraction of sp³-hybridized carbons (Fsp3) is 1.00. The number of hydrogen-bond acceptors (Lipinski definition) is 2. The first-order valence-corrected chi connectivity index (χ1v) is 7.21. The van der Waals surface area contributed by atoms with Crippen molar-refractivity contribution in [3.05, 3.63) is 0 Å². The van der Waals surface area contributed by atoms with Gasteiger partial charge >= 0.3 is 0 Å². The predicted octanol–water partition coefficient (Wildman–Crippen LogP) is 2.56. The Bertz CT molecular complexity index is 195. The summed E-state index contributed by atoms with van der Waals surface area (Å²) in [6.45, 7) is 2.49. The predicted molar refractivity (Wildman–Crippen MR) is 67.4 cm³/mol. The average molecular weight is 225 g/mol. The molecular weight excluding hydrogens is 198 g/mol. The van der Waals surface area contributed by atoms with Gasteiger partial charge in [-0.05, 0) is 56.5 Å². The normalized spacial score (nSPS) is 34.7. The second-order valence-corrected chi connectivity index (χ2v) is 5.76. The van der Waals surface area contributed by atoms with Crippen LogP contribution in [-0.4, -0.2) is 24.8 Å². The molecule has 2 aliphatic rings. The SMILES string of the molecule is OCCCNCC1CCC2CCCCC2C1. The van der Waals surface area contributed by atoms with E-state index in [-0.39, 0.29) is 0 Å². The Hall–Kier alpha value is -0.0800. The van der Waals surface area contributed by atoms with Gasteiger partial charge < -0.3 is 10.4 Å². The molecule has 0 radical (unpaired) electrons. The lowest BCUT2D eigenvalue weighted by molar-refractivity contribution is 0.128. The Kier molecular flexibility index (Phi) is 5.11. The molecule has 0 aromatic rings. The first-order chi connectivity index (χ1) is 7.90. The molecule has 0 amide bonds. The van der Waals surface area contributed by atoms with E-state index in [1.165, 1.54) is 51.5 Å². The molecule has 3 unspecified atom stereocenters. The van der Waals surface area contributed by atoms with Crippen LogP contribution >= 0.6 is 0 Å². The van der Waals surface area contributed by atoms with Gasteiger partial charge in [0.05, 0.1) is 0 Å². The summed E-state index contributed by atoms with van der Waals surface area (Å²) in [4.78, 5) is 0. The van der Waals surface area contributed by atoms with Crippen LogP contribution in [0.25, 0.3) is 0 Å². The van der Waals surface area contributed by atoms with Crippen molar-refractivity contribution in [2.75, 3.05) is 19.7 Å². The average Bonchev–Trinajstić information content (AvgIpc) is 2.34. The second-order valence-electron chi connectivity index (χ2n) is 5.76. The van der Waals surface area contributed by atoms with E-state index < -0.39 is 0 Å². The topological polar surface area (TPSA) is 32.3 Å². The highest BCUT2D eigenvalue weighted by molar-refractivity contribution is 4.83. The van der Waals surface area contributed by atoms with Crippen molar-refractivity contribution >= 4 is 0 Å². The van der Waals surface area contributed by atoms with Crippen molar-refractivity contribution in [3.8, 4) is 0 Å². The molecular formula is C14H27NO. The van der Waals surface area contributed by atoms with Crippen molar-refractivity contribution < 1.29 is 5.11 Å². The zero-order valence-corrected chi connectivity index (χ0v) is 10.5. The molecule has 0 aromatic carbocycles. The Balaban J connectivity index is 1.65. The van der Waals surface area contributed by atoms with Gasteiger partial charge in [-0.15, -0.1) is 0 Å². The molecule has 0 aromatic heterocycles. The van der Waals surface area contributed by atoms with Gasteiger partial charge in [-0.1, -0.05) is 25.7 Å². The van der Waals surface area contributed by atoms with Crippen molar-refractivity contribution in [2.24, 2.45) is 17.8 Å². The third-order valence-corrected chi connectivity index (χ3v) is 4.59. The minimum atomic E-state index is 0.322. The standard InChI is InChI=1S/C14H27NO/c16-9-3-8-15-11-12-6-7-13-4-1-2-5-14(13)10-12/h12-16H,1-11H2. The van der Waals surface area contributed by atoms with Crippen LogP contribution in [-0.2, 0) is 0 Å². The maximum Gasteiger partial charge on any atom is 0.0443 e. The maximum atomic E-state index is 8.72. The third-order valence-electron chi connectivity index (χ3n) is 4.59. The summed E-state index contributed by atoms with van der Waals surface area (Å²) in [5.41, 5.74) is 0. The summed E-state index contributed by atoms with van der Waals surface area (Å²) < 4.78 is 0. The molecule has 0 spiro atoms. The Morgan fingerprint density at radius 1 is 1.00 bits per heavy atom. The van der Waals surface area contributed by atoms with Crippen LogP contribution in [0, 0.1) is 17.8 Å². The Morgan fingerprint density at radius 2 is 1.81 bits per heavy atom. The number of rotatable bonds is 5. The minimum absolute atomic E-state index is 0.322. The maximum absolute atomic E-state index is 8.72. The van der Waals surface area contributed by atoms with Crippen LogP contribution in [0.4, 0.5) is 0 Å². The molecule has 2 N–H and O–H groups in total. The fourth-order valence-electron chi connectivity index (χ4n) is 3.67. The van der Waals surface area contributed by atoms with Crippen LogP contribution in [0.15, 0.2) is 0 Å². The highest BCUT2D eigenvalue weighted by Gasteiger charge is 2.31. The van der Waals surface area contributed by atoms with Crippen molar-refractivity contribution in [2.45, 2.75) is 51.4 Å². The van der Waals surface area contributed by atoms with Gasteiger partial charge in [-0.3, -0.25) is 0 Å². The fourth-order valence-corrected chi connectivity index (χ4v) is 3.67. The lowest BCUT2D eigenvalue weighted by atomic mass is 9.67. The first-order valence-electron chi connectivity index (χ1n) is 7.21. The van der Waals surface area contributed by atoms with Gasteiger partial charge in [0.2, 0.25) is 0 Å². The largest absolute Gasteiger partial charge is 0.396 e. The summed E-state index contributed by atoms with van der Waals surface area (Å²) in [6, 6.07) is 0. The van der Waals surface area contributed by atoms with E-state index in [2.05, 4.69) is 5.32 Å². The zero-order valence-electron chi connectivity index (χ0n) is 10.5. The van der Waals surface area contributed by atoms with E-state index in [1.807, 2.05) is 0 Å². The zero-order chi connectivity index (χ0) is 11.2. The van der Waals surface area contributed by atoms with Gasteiger partial charge in [0.1, 0.15) is 0 Å². The summed E-state index contributed by atoms with van der Waals surface area (Å²) in [7, 11) is 0. The van der Waals surface area contributed by atoms with Crippen LogP contribution in [0.5, 0.6) is 0 Å². The quantitative estimate of drug-likeness (QED) is 0.705. The Labute approximate surface area is 99.8 Å². The molecule has 2 heteroatoms. The van der Waals surface area contributed by atoms with E-state index in [4.69, 9.17) is 5.11 Å². The van der Waals surface area contributed by atoms with Crippen molar-refractivity contribution in [1.82, 2.24) is 5.32 Å². The molecule has 2 rings (SSSR count). The first kappa shape index (κ1) is 12.4. The third kappa shape index (κ3) is 3.46. The molecule has 0 aliphatic heterocycles. The van der Waals surface area contributed by atoms with Crippen LogP contribution in [0.3, 0.4) is 0 Å². The molecule has 0 heterocycles. The van der Waals surface area contributed by atoms with Gasteiger partial charge in [-0.25, -0.2) is 0 Å². The van der Waals surface area contributed by atoms with E-state index in [9.17, 15) is 0 Å². The lowest BCUT2D eigenvalue weighted by Gasteiger charge is -2.39. The number of aliphatic hydroxyl groups is 1. The molecule has 94 valence electrons. The van der Waals surface area contributed by atoms with E-state index in [0.29, 0.717) is 6.61 Å². The molecule has 3 atom stereocenters. The monoisotopic (exact) mass is 225 g/mol. The Morgan fingerprint density at radius 3 is 2.62 bits per heavy atom. The summed E-state index contributed by atoms with van der Waals surface area (Å²) >= 11 is 0. The molecule has 16 heavy (non-hydrogen) atoms. The highest BCUT2D eigenvalue weighted by Crippen LogP contribution is 2.42. The molecule has 2 aliphatic carbocycles. The van der Waals surface area contributed by atoms with Gasteiger partial charge in [-0.2, -0.15) is 0 Å². The van der Waals surface area contributed by atoms with E-state index in [0.717, 1.165) is 30.7 Å². The second kappa shape index (κ2) is 6.61. The lowest BCUT2D eigenvalue weighted by Crippen LogP contribution is -2.33. The number of fused-ring (bicyclic) bond motifs is 1. The van der Waals surface area contributed by atoms with Gasteiger partial charge in [0.25, 0.3) is 0 Å². The molecule has 0 bridgehead atoms. The van der Waals surface area contributed by atoms with E-state index >= 15 is 0 Å². The smallest absolute Gasteiger partial charge is 0.0443 e. The van der Waals surface area contributed by atoms with E-state index in [1.54, 1.807) is 0 Å². The number of nitrogens with one attached hydrogen (secondary N) is 1. The minimum Gasteiger partial charge on any atom is -0.396 e. The van der Waals surface area contributed by atoms with Crippen LogP contribution in [0.1, 0.15) is 51.4 Å². The summed E-state index contributed by atoms with van der Waals surface area (Å²) in [5, 5.41) is 12.2. The molecule has 2 fully saturated rings. The number of hydrogen-bond donors (Lipinski definition) is 2. The molecule has 0 saturated heterocycles. The van der Waals surface area contributed by atoms with Crippen molar-refractivity contribution in [1.29, 1.82) is 0 Å². The molecule has 2 nitrogen and oxygen atoms in total. The van der Waals surface area contributed by atoms with Crippen LogP contribution in [0.2, 0.25) is 0 Å².